The molecular weight excluding hydrogens is 433 g/mol. The van der Waals surface area contributed by atoms with E-state index in [0.717, 1.165) is 44.1 Å². The van der Waals surface area contributed by atoms with E-state index in [0.29, 0.717) is 41.6 Å². The van der Waals surface area contributed by atoms with Gasteiger partial charge in [-0.3, -0.25) is 9.88 Å². The van der Waals surface area contributed by atoms with Crippen molar-refractivity contribution in [1.82, 2.24) is 30.2 Å². The van der Waals surface area contributed by atoms with Crippen molar-refractivity contribution in [3.05, 3.63) is 54.1 Å². The van der Waals surface area contributed by atoms with Crippen molar-refractivity contribution in [2.45, 2.75) is 19.1 Å². The lowest BCUT2D eigenvalue weighted by Gasteiger charge is -2.26. The average Bonchev–Trinajstić information content (AvgIpc) is 3.31. The first-order chi connectivity index (χ1) is 16.7. The molecule has 10 heteroatoms. The van der Waals surface area contributed by atoms with Crippen molar-refractivity contribution in [3.63, 3.8) is 0 Å². The fourth-order valence-electron chi connectivity index (χ4n) is 4.24. The van der Waals surface area contributed by atoms with Crippen molar-refractivity contribution in [1.29, 1.82) is 5.26 Å². The molecule has 0 aliphatic carbocycles. The number of nitrogens with zero attached hydrogens (tertiary/aromatic N) is 7. The molecule has 2 aliphatic rings. The van der Waals surface area contributed by atoms with Crippen LogP contribution in [0.2, 0.25) is 0 Å². The molecule has 0 unspecified atom stereocenters. The highest BCUT2D eigenvalue weighted by atomic mass is 19.1. The summed E-state index contributed by atoms with van der Waals surface area (Å²) in [6, 6.07) is 9.68. The Morgan fingerprint density at radius 3 is 2.74 bits per heavy atom. The number of alkyl halides is 1. The molecule has 0 saturated carbocycles. The maximum Gasteiger partial charge on any atom is 0.227 e. The van der Waals surface area contributed by atoms with E-state index in [1.165, 1.54) is 0 Å². The van der Waals surface area contributed by atoms with Gasteiger partial charge in [0, 0.05) is 57.2 Å². The molecule has 2 aliphatic heterocycles. The summed E-state index contributed by atoms with van der Waals surface area (Å²) < 4.78 is 13.6. The van der Waals surface area contributed by atoms with E-state index in [9.17, 15) is 9.65 Å². The summed E-state index contributed by atoms with van der Waals surface area (Å²) in [5.74, 6) is 0.947. The number of piperazine rings is 1. The van der Waals surface area contributed by atoms with Crippen LogP contribution < -0.4 is 15.5 Å². The zero-order valence-corrected chi connectivity index (χ0v) is 18.8. The highest BCUT2D eigenvalue weighted by Gasteiger charge is 2.25. The molecule has 0 spiro atoms. The second-order valence-corrected chi connectivity index (χ2v) is 8.49. The molecule has 9 nitrogen and oxygen atoms in total. The van der Waals surface area contributed by atoms with Gasteiger partial charge in [-0.25, -0.2) is 19.3 Å². The van der Waals surface area contributed by atoms with Crippen molar-refractivity contribution in [2.24, 2.45) is 0 Å². The maximum absolute atomic E-state index is 13.6. The highest BCUT2D eigenvalue weighted by Crippen LogP contribution is 2.27. The number of pyridine rings is 2. The summed E-state index contributed by atoms with van der Waals surface area (Å²) in [7, 11) is 0. The third kappa shape index (κ3) is 5.11. The predicted molar refractivity (Wildman–Crippen MR) is 127 cm³/mol. The average molecular weight is 460 g/mol. The van der Waals surface area contributed by atoms with Gasteiger partial charge in [0.2, 0.25) is 5.95 Å². The molecule has 3 aromatic heterocycles. The second kappa shape index (κ2) is 10.1. The fraction of sp³-hybridized carbons (Fsp3) is 0.375. The smallest absolute Gasteiger partial charge is 0.227 e. The Bertz CT molecular complexity index is 1170. The van der Waals surface area contributed by atoms with E-state index in [1.54, 1.807) is 30.7 Å². The number of anilines is 3. The van der Waals surface area contributed by atoms with Crippen LogP contribution in [0.5, 0.6) is 0 Å². The van der Waals surface area contributed by atoms with Gasteiger partial charge in [0.1, 0.15) is 18.1 Å². The first-order valence-electron chi connectivity index (χ1n) is 11.5. The first kappa shape index (κ1) is 22.1. The van der Waals surface area contributed by atoms with Gasteiger partial charge in [0.15, 0.2) is 0 Å². The number of nitrogens with one attached hydrogen (secondary N) is 2. The molecule has 0 aromatic carbocycles. The molecule has 2 saturated heterocycles. The van der Waals surface area contributed by atoms with Gasteiger partial charge < -0.3 is 15.5 Å². The number of rotatable bonds is 6. The van der Waals surface area contributed by atoms with Crippen LogP contribution in [0.3, 0.4) is 0 Å². The normalized spacial score (nSPS) is 18.6. The molecule has 0 bridgehead atoms. The number of aromatic nitrogens is 4. The van der Waals surface area contributed by atoms with Crippen LogP contribution in [0, 0.1) is 11.3 Å². The second-order valence-electron chi connectivity index (χ2n) is 8.49. The van der Waals surface area contributed by atoms with Gasteiger partial charge >= 0.3 is 0 Å². The minimum Gasteiger partial charge on any atom is -0.352 e. The van der Waals surface area contributed by atoms with Crippen molar-refractivity contribution < 1.29 is 4.39 Å². The standard InChI is InChI=1S/C24H26FN9/c25-19-4-8-34(15-19)23-17(12-26)11-18(13-30-23)22-3-5-28-24(32-22)31-20-1-2-21(29-14-20)16-33-9-6-27-7-10-33/h1-3,5,11,13-14,19,27H,4,6-10,15-16H2,(H,28,31,32)/t19-/m0/s1. The molecular formula is C24H26FN9. The first-order valence-corrected chi connectivity index (χ1v) is 11.5. The largest absolute Gasteiger partial charge is 0.352 e. The van der Waals surface area contributed by atoms with Crippen LogP contribution in [-0.2, 0) is 6.54 Å². The summed E-state index contributed by atoms with van der Waals surface area (Å²) in [5, 5.41) is 16.2. The van der Waals surface area contributed by atoms with Gasteiger partial charge in [0.25, 0.3) is 0 Å². The van der Waals surface area contributed by atoms with Gasteiger partial charge in [-0.2, -0.15) is 5.26 Å². The molecule has 174 valence electrons. The van der Waals surface area contributed by atoms with Gasteiger partial charge in [-0.1, -0.05) is 0 Å². The third-order valence-corrected chi connectivity index (χ3v) is 6.04. The summed E-state index contributed by atoms with van der Waals surface area (Å²) >= 11 is 0. The van der Waals surface area contributed by atoms with Gasteiger partial charge in [-0.15, -0.1) is 0 Å². The molecule has 2 N–H and O–H groups in total. The fourth-order valence-corrected chi connectivity index (χ4v) is 4.24. The Kier molecular flexibility index (Phi) is 6.56. The molecule has 5 heterocycles. The third-order valence-electron chi connectivity index (χ3n) is 6.04. The zero-order valence-electron chi connectivity index (χ0n) is 18.8. The molecule has 34 heavy (non-hydrogen) atoms. The van der Waals surface area contributed by atoms with E-state index < -0.39 is 6.17 Å². The molecule has 0 amide bonds. The van der Waals surface area contributed by atoms with Gasteiger partial charge in [-0.05, 0) is 30.7 Å². The summed E-state index contributed by atoms with van der Waals surface area (Å²) in [4.78, 5) is 22.1. The Balaban J connectivity index is 1.28. The lowest BCUT2D eigenvalue weighted by Crippen LogP contribution is -2.43. The topological polar surface area (TPSA) is 106 Å². The zero-order chi connectivity index (χ0) is 23.3. The van der Waals surface area contributed by atoms with E-state index in [4.69, 9.17) is 0 Å². The molecule has 0 radical (unpaired) electrons. The Morgan fingerprint density at radius 2 is 2.00 bits per heavy atom. The van der Waals surface area contributed by atoms with E-state index in [1.807, 2.05) is 17.0 Å². The summed E-state index contributed by atoms with van der Waals surface area (Å²) in [6.45, 7) is 5.74. The number of hydrogen-bond donors (Lipinski definition) is 2. The number of nitriles is 1. The Morgan fingerprint density at radius 1 is 1.12 bits per heavy atom. The molecule has 1 atom stereocenters. The van der Waals surface area contributed by atoms with Crippen molar-refractivity contribution in [2.75, 3.05) is 49.5 Å². The summed E-state index contributed by atoms with van der Waals surface area (Å²) in [6.07, 6.45) is 4.69. The quantitative estimate of drug-likeness (QED) is 0.575. The number of hydrogen-bond acceptors (Lipinski definition) is 9. The van der Waals surface area contributed by atoms with Crippen LogP contribution in [0.4, 0.5) is 21.8 Å². The Labute approximate surface area is 197 Å². The maximum atomic E-state index is 13.6. The van der Waals surface area contributed by atoms with Crippen LogP contribution >= 0.6 is 0 Å². The van der Waals surface area contributed by atoms with E-state index in [-0.39, 0.29) is 6.54 Å². The van der Waals surface area contributed by atoms with Gasteiger partial charge in [0.05, 0.1) is 35.4 Å². The minimum absolute atomic E-state index is 0.269. The van der Waals surface area contributed by atoms with Crippen molar-refractivity contribution >= 4 is 17.5 Å². The van der Waals surface area contributed by atoms with Crippen LogP contribution in [0.25, 0.3) is 11.3 Å². The van der Waals surface area contributed by atoms with Crippen LogP contribution in [0.15, 0.2) is 42.9 Å². The van der Waals surface area contributed by atoms with Crippen LogP contribution in [-0.4, -0.2) is 70.3 Å². The molecule has 3 aromatic rings. The van der Waals surface area contributed by atoms with Crippen LogP contribution in [0.1, 0.15) is 17.7 Å². The highest BCUT2D eigenvalue weighted by molar-refractivity contribution is 5.67. The lowest BCUT2D eigenvalue weighted by atomic mass is 10.1. The molecule has 5 rings (SSSR count). The monoisotopic (exact) mass is 459 g/mol. The van der Waals surface area contributed by atoms with Crippen molar-refractivity contribution in [3.8, 4) is 17.3 Å². The van der Waals surface area contributed by atoms with E-state index >= 15 is 0 Å². The molecule has 2 fully saturated rings. The minimum atomic E-state index is -0.880. The van der Waals surface area contributed by atoms with E-state index in [2.05, 4.69) is 41.5 Å². The summed E-state index contributed by atoms with van der Waals surface area (Å²) in [5.41, 5.74) is 3.56. The predicted octanol–water partition coefficient (Wildman–Crippen LogP) is 2.50. The number of halogens is 1. The lowest BCUT2D eigenvalue weighted by molar-refractivity contribution is 0.231. The Hall–Kier alpha value is -3.68. The SMILES string of the molecule is N#Cc1cc(-c2ccnc(Nc3ccc(CN4CCNCC4)nc3)n2)cnc1N1CC[C@H](F)C1.